The van der Waals surface area contributed by atoms with Gasteiger partial charge in [-0.15, -0.1) is 0 Å². The van der Waals surface area contributed by atoms with E-state index >= 15 is 0 Å². The fourth-order valence-electron chi connectivity index (χ4n) is 1.77. The van der Waals surface area contributed by atoms with Crippen LogP contribution >= 0.6 is 0 Å². The van der Waals surface area contributed by atoms with Crippen LogP contribution in [-0.4, -0.2) is 27.2 Å². The Morgan fingerprint density at radius 2 is 1.73 bits per heavy atom. The lowest BCUT2D eigenvalue weighted by Crippen LogP contribution is -2.11. The van der Waals surface area contributed by atoms with Gasteiger partial charge in [0, 0.05) is 6.08 Å². The van der Waals surface area contributed by atoms with Crippen molar-refractivity contribution in [3.63, 3.8) is 0 Å². The molecule has 112 valence electrons. The Morgan fingerprint density at radius 1 is 1.00 bits per heavy atom. The number of rotatable bonds is 4. The molecule has 0 aliphatic heterocycles. The molecular formula is C16H13NO5. The Labute approximate surface area is 126 Å². The second-order valence-electron chi connectivity index (χ2n) is 4.42. The maximum Gasteiger partial charge on any atom is 0.337 e. The lowest BCUT2D eigenvalue weighted by atomic mass is 10.1. The van der Waals surface area contributed by atoms with Gasteiger partial charge in [-0.2, -0.15) is 0 Å². The molecular weight excluding hydrogens is 286 g/mol. The molecule has 0 atom stereocenters. The zero-order valence-electron chi connectivity index (χ0n) is 11.4. The maximum absolute atomic E-state index is 11.8. The number of carbonyl (C=O) groups is 2. The van der Waals surface area contributed by atoms with Gasteiger partial charge in [-0.3, -0.25) is 4.79 Å². The highest BCUT2D eigenvalue weighted by Crippen LogP contribution is 2.25. The van der Waals surface area contributed by atoms with Crippen molar-refractivity contribution in [1.29, 1.82) is 0 Å². The first kappa shape index (κ1) is 15.1. The quantitative estimate of drug-likeness (QED) is 0.512. The Kier molecular flexibility index (Phi) is 4.43. The van der Waals surface area contributed by atoms with E-state index in [-0.39, 0.29) is 22.7 Å². The van der Waals surface area contributed by atoms with Crippen molar-refractivity contribution in [1.82, 2.24) is 0 Å². The topological polar surface area (TPSA) is 107 Å². The molecule has 0 saturated carbocycles. The highest BCUT2D eigenvalue weighted by molar-refractivity contribution is 6.06. The van der Waals surface area contributed by atoms with Gasteiger partial charge in [0.2, 0.25) is 5.91 Å². The van der Waals surface area contributed by atoms with Gasteiger partial charge in [0.1, 0.15) is 0 Å². The number of benzene rings is 2. The van der Waals surface area contributed by atoms with E-state index in [1.54, 1.807) is 12.1 Å². The van der Waals surface area contributed by atoms with Crippen LogP contribution in [0.4, 0.5) is 5.69 Å². The number of hydrogen-bond donors (Lipinski definition) is 4. The average molecular weight is 299 g/mol. The number of nitrogens with one attached hydrogen (secondary N) is 1. The molecule has 0 aliphatic rings. The van der Waals surface area contributed by atoms with Crippen molar-refractivity contribution in [3.8, 4) is 11.5 Å². The number of carboxylic acid groups (broad SMARTS) is 1. The summed E-state index contributed by atoms with van der Waals surface area (Å²) in [4.78, 5) is 22.8. The standard InChI is InChI=1S/C16H13NO5/c18-13-7-5-10(9-14(13)19)6-8-15(20)17-12-4-2-1-3-11(12)16(21)22/h1-9,18-19H,(H,17,20)(H,21,22)/b8-6+. The number of aromatic carboxylic acids is 1. The highest BCUT2D eigenvalue weighted by Gasteiger charge is 2.10. The van der Waals surface area contributed by atoms with E-state index in [9.17, 15) is 19.8 Å². The van der Waals surface area contributed by atoms with Gasteiger partial charge in [-0.1, -0.05) is 18.2 Å². The van der Waals surface area contributed by atoms with Crippen LogP contribution in [0.2, 0.25) is 0 Å². The monoisotopic (exact) mass is 299 g/mol. The van der Waals surface area contributed by atoms with Crippen molar-refractivity contribution in [2.24, 2.45) is 0 Å². The summed E-state index contributed by atoms with van der Waals surface area (Å²) in [5.41, 5.74) is 0.696. The van der Waals surface area contributed by atoms with Crippen LogP contribution in [0.3, 0.4) is 0 Å². The van der Waals surface area contributed by atoms with Gasteiger partial charge in [0.15, 0.2) is 11.5 Å². The van der Waals surface area contributed by atoms with Gasteiger partial charge in [0.25, 0.3) is 0 Å². The molecule has 0 aromatic heterocycles. The second kappa shape index (κ2) is 6.45. The van der Waals surface area contributed by atoms with E-state index in [2.05, 4.69) is 5.32 Å². The van der Waals surface area contributed by atoms with Crippen LogP contribution in [0, 0.1) is 0 Å². The first-order chi connectivity index (χ1) is 10.5. The molecule has 0 aliphatic carbocycles. The number of hydrogen-bond acceptors (Lipinski definition) is 4. The fraction of sp³-hybridized carbons (Fsp3) is 0. The molecule has 0 heterocycles. The number of phenols is 2. The van der Waals surface area contributed by atoms with E-state index in [1.165, 1.54) is 42.5 Å². The summed E-state index contributed by atoms with van der Waals surface area (Å²) in [6.45, 7) is 0. The molecule has 0 bridgehead atoms. The molecule has 0 unspecified atom stereocenters. The normalized spacial score (nSPS) is 10.5. The van der Waals surface area contributed by atoms with Gasteiger partial charge in [-0.05, 0) is 35.9 Å². The van der Waals surface area contributed by atoms with Gasteiger partial charge in [0.05, 0.1) is 11.3 Å². The van der Waals surface area contributed by atoms with E-state index < -0.39 is 11.9 Å². The Bertz CT molecular complexity index is 752. The number of phenolic OH excluding ortho intramolecular Hbond substituents is 2. The molecule has 0 fully saturated rings. The molecule has 0 radical (unpaired) electrons. The number of amides is 1. The van der Waals surface area contributed by atoms with Crippen LogP contribution < -0.4 is 5.32 Å². The summed E-state index contributed by atoms with van der Waals surface area (Å²) in [6, 6.07) is 10.2. The average Bonchev–Trinajstić information content (AvgIpc) is 2.49. The first-order valence-electron chi connectivity index (χ1n) is 6.31. The molecule has 0 spiro atoms. The lowest BCUT2D eigenvalue weighted by molar-refractivity contribution is -0.111. The summed E-state index contributed by atoms with van der Waals surface area (Å²) in [5, 5.41) is 30.0. The molecule has 0 saturated heterocycles. The number of aromatic hydroxyl groups is 2. The molecule has 4 N–H and O–H groups in total. The third kappa shape index (κ3) is 3.63. The third-order valence-electron chi connectivity index (χ3n) is 2.84. The molecule has 6 nitrogen and oxygen atoms in total. The molecule has 2 aromatic carbocycles. The predicted octanol–water partition coefficient (Wildman–Crippen LogP) is 2.45. The van der Waals surface area contributed by atoms with Gasteiger partial charge in [-0.25, -0.2) is 4.79 Å². The molecule has 1 amide bonds. The second-order valence-corrected chi connectivity index (χ2v) is 4.42. The Morgan fingerprint density at radius 3 is 2.41 bits per heavy atom. The largest absolute Gasteiger partial charge is 0.504 e. The number of anilines is 1. The number of para-hydroxylation sites is 1. The first-order valence-corrected chi connectivity index (χ1v) is 6.31. The van der Waals surface area contributed by atoms with Crippen molar-refractivity contribution >= 4 is 23.6 Å². The number of carbonyl (C=O) groups excluding carboxylic acids is 1. The lowest BCUT2D eigenvalue weighted by Gasteiger charge is -2.05. The van der Waals surface area contributed by atoms with E-state index in [4.69, 9.17) is 5.11 Å². The Balaban J connectivity index is 2.11. The van der Waals surface area contributed by atoms with Crippen LogP contribution in [0.15, 0.2) is 48.5 Å². The van der Waals surface area contributed by atoms with E-state index in [1.807, 2.05) is 0 Å². The van der Waals surface area contributed by atoms with Crippen LogP contribution in [0.1, 0.15) is 15.9 Å². The summed E-state index contributed by atoms with van der Waals surface area (Å²) in [5.74, 6) is -2.19. The summed E-state index contributed by atoms with van der Waals surface area (Å²) < 4.78 is 0. The summed E-state index contributed by atoms with van der Waals surface area (Å²) >= 11 is 0. The van der Waals surface area contributed by atoms with Crippen LogP contribution in [0.25, 0.3) is 6.08 Å². The van der Waals surface area contributed by atoms with Crippen molar-refractivity contribution in [3.05, 3.63) is 59.7 Å². The highest BCUT2D eigenvalue weighted by atomic mass is 16.4. The maximum atomic E-state index is 11.8. The number of carboxylic acids is 1. The fourth-order valence-corrected chi connectivity index (χ4v) is 1.77. The van der Waals surface area contributed by atoms with Gasteiger partial charge >= 0.3 is 5.97 Å². The van der Waals surface area contributed by atoms with Crippen LogP contribution in [0.5, 0.6) is 11.5 Å². The molecule has 2 aromatic rings. The summed E-state index contributed by atoms with van der Waals surface area (Å²) in [6.07, 6.45) is 2.63. The van der Waals surface area contributed by atoms with E-state index in [0.717, 1.165) is 0 Å². The minimum Gasteiger partial charge on any atom is -0.504 e. The van der Waals surface area contributed by atoms with Crippen LogP contribution in [-0.2, 0) is 4.79 Å². The SMILES string of the molecule is O=C(/C=C/c1ccc(O)c(O)c1)Nc1ccccc1C(=O)O. The minimum atomic E-state index is -1.14. The van der Waals surface area contributed by atoms with Crippen molar-refractivity contribution in [2.45, 2.75) is 0 Å². The van der Waals surface area contributed by atoms with Crippen molar-refractivity contribution in [2.75, 3.05) is 5.32 Å². The molecule has 22 heavy (non-hydrogen) atoms. The Hall–Kier alpha value is -3.28. The molecule has 6 heteroatoms. The zero-order valence-corrected chi connectivity index (χ0v) is 11.4. The van der Waals surface area contributed by atoms with Gasteiger partial charge < -0.3 is 20.6 Å². The smallest absolute Gasteiger partial charge is 0.337 e. The minimum absolute atomic E-state index is 0.00784. The summed E-state index contributed by atoms with van der Waals surface area (Å²) in [7, 11) is 0. The third-order valence-corrected chi connectivity index (χ3v) is 2.84. The molecule has 2 rings (SSSR count). The zero-order chi connectivity index (χ0) is 16.1. The predicted molar refractivity (Wildman–Crippen MR) is 80.8 cm³/mol. The van der Waals surface area contributed by atoms with E-state index in [0.29, 0.717) is 5.56 Å². The van der Waals surface area contributed by atoms with Crippen molar-refractivity contribution < 1.29 is 24.9 Å².